The number of rotatable bonds is 3. The molecule has 0 heterocycles. The van der Waals surface area contributed by atoms with Crippen LogP contribution in [0.1, 0.15) is 36.5 Å². The molecule has 1 aromatic rings. The summed E-state index contributed by atoms with van der Waals surface area (Å²) in [5.74, 6) is 0.485. The van der Waals surface area contributed by atoms with Crippen LogP contribution in [0.25, 0.3) is 0 Å². The largest absolute Gasteiger partial charge is 0.388 e. The lowest BCUT2D eigenvalue weighted by Gasteiger charge is -2.30. The molecule has 3 N–H and O–H groups in total. The van der Waals surface area contributed by atoms with Crippen LogP contribution in [0.15, 0.2) is 24.3 Å². The average Bonchev–Trinajstić information content (AvgIpc) is 2.15. The van der Waals surface area contributed by atoms with E-state index >= 15 is 0 Å². The molecule has 0 saturated heterocycles. The summed E-state index contributed by atoms with van der Waals surface area (Å²) in [5, 5.41) is 9.97. The van der Waals surface area contributed by atoms with Gasteiger partial charge in [-0.25, -0.2) is 0 Å². The number of aliphatic hydroxyl groups is 1. The van der Waals surface area contributed by atoms with Gasteiger partial charge in [-0.2, -0.15) is 0 Å². The van der Waals surface area contributed by atoms with Crippen molar-refractivity contribution in [2.24, 2.45) is 11.7 Å². The van der Waals surface area contributed by atoms with E-state index in [1.54, 1.807) is 0 Å². The molecule has 1 atom stereocenters. The third kappa shape index (κ3) is 1.81. The smallest absolute Gasteiger partial charge is 0.0818 e. The van der Waals surface area contributed by atoms with Crippen molar-refractivity contribution in [3.05, 3.63) is 35.4 Å². The molecular weight excluding hydrogens is 174 g/mol. The predicted molar refractivity (Wildman–Crippen MR) is 56.6 cm³/mol. The normalized spacial score (nSPS) is 19.0. The Hall–Kier alpha value is -0.860. The molecule has 1 aliphatic rings. The van der Waals surface area contributed by atoms with E-state index in [-0.39, 0.29) is 6.10 Å². The van der Waals surface area contributed by atoms with Crippen LogP contribution in [-0.2, 0) is 6.54 Å². The highest BCUT2D eigenvalue weighted by atomic mass is 16.3. The molecule has 2 heteroatoms. The minimum Gasteiger partial charge on any atom is -0.388 e. The van der Waals surface area contributed by atoms with Crippen molar-refractivity contribution < 1.29 is 5.11 Å². The fraction of sp³-hybridized carbons (Fsp3) is 0.500. The van der Waals surface area contributed by atoms with E-state index < -0.39 is 0 Å². The maximum Gasteiger partial charge on any atom is 0.0818 e. The van der Waals surface area contributed by atoms with E-state index in [0.29, 0.717) is 12.5 Å². The van der Waals surface area contributed by atoms with Crippen molar-refractivity contribution in [1.82, 2.24) is 0 Å². The van der Waals surface area contributed by atoms with Gasteiger partial charge in [0.1, 0.15) is 0 Å². The lowest BCUT2D eigenvalue weighted by molar-refractivity contribution is 0.0621. The summed E-state index contributed by atoms with van der Waals surface area (Å²) in [6.45, 7) is 0.569. The quantitative estimate of drug-likeness (QED) is 0.767. The average molecular weight is 191 g/mol. The first kappa shape index (κ1) is 9.69. The second kappa shape index (κ2) is 4.11. The summed E-state index contributed by atoms with van der Waals surface area (Å²) in [4.78, 5) is 0. The van der Waals surface area contributed by atoms with Crippen LogP contribution >= 0.6 is 0 Å². The monoisotopic (exact) mass is 191 g/mol. The zero-order valence-electron chi connectivity index (χ0n) is 8.32. The standard InChI is InChI=1S/C12H17NO/c13-8-9-4-6-11(7-5-9)12(14)10-2-1-3-10/h4-7,10,12,14H,1-3,8,13H2. The Balaban J connectivity index is 2.07. The molecule has 1 unspecified atom stereocenters. The zero-order chi connectivity index (χ0) is 9.97. The summed E-state index contributed by atoms with van der Waals surface area (Å²) in [6.07, 6.45) is 3.33. The fourth-order valence-electron chi connectivity index (χ4n) is 1.88. The van der Waals surface area contributed by atoms with Crippen molar-refractivity contribution >= 4 is 0 Å². The lowest BCUT2D eigenvalue weighted by atomic mass is 9.79. The Labute approximate surface area is 84.7 Å². The summed E-state index contributed by atoms with van der Waals surface area (Å²) in [7, 11) is 0. The van der Waals surface area contributed by atoms with Crippen LogP contribution < -0.4 is 5.73 Å². The number of benzene rings is 1. The Morgan fingerprint density at radius 2 is 1.93 bits per heavy atom. The van der Waals surface area contributed by atoms with E-state index in [1.807, 2.05) is 24.3 Å². The van der Waals surface area contributed by atoms with Crippen molar-refractivity contribution in [1.29, 1.82) is 0 Å². The predicted octanol–water partition coefficient (Wildman–Crippen LogP) is 1.98. The van der Waals surface area contributed by atoms with Crippen LogP contribution in [-0.4, -0.2) is 5.11 Å². The Morgan fingerprint density at radius 1 is 1.29 bits per heavy atom. The molecular formula is C12H17NO. The minimum atomic E-state index is -0.268. The molecule has 1 fully saturated rings. The van der Waals surface area contributed by atoms with E-state index in [9.17, 15) is 5.11 Å². The number of hydrogen-bond donors (Lipinski definition) is 2. The molecule has 0 amide bonds. The number of aliphatic hydroxyl groups excluding tert-OH is 1. The van der Waals surface area contributed by atoms with Crippen molar-refractivity contribution in [3.63, 3.8) is 0 Å². The van der Waals surface area contributed by atoms with Gasteiger partial charge in [0.2, 0.25) is 0 Å². The lowest BCUT2D eigenvalue weighted by Crippen LogP contribution is -2.19. The van der Waals surface area contributed by atoms with Gasteiger partial charge >= 0.3 is 0 Å². The first-order valence-electron chi connectivity index (χ1n) is 5.28. The van der Waals surface area contributed by atoms with Gasteiger partial charge in [0.15, 0.2) is 0 Å². The molecule has 0 spiro atoms. The first-order valence-corrected chi connectivity index (χ1v) is 5.28. The van der Waals surface area contributed by atoms with Crippen molar-refractivity contribution in [2.45, 2.75) is 31.9 Å². The Bertz CT molecular complexity index is 290. The molecule has 76 valence electrons. The van der Waals surface area contributed by atoms with Gasteiger partial charge in [0, 0.05) is 6.54 Å². The first-order chi connectivity index (χ1) is 6.81. The summed E-state index contributed by atoms with van der Waals surface area (Å²) in [6, 6.07) is 7.98. The van der Waals surface area contributed by atoms with Crippen molar-refractivity contribution in [2.75, 3.05) is 0 Å². The maximum absolute atomic E-state index is 9.97. The fourth-order valence-corrected chi connectivity index (χ4v) is 1.88. The van der Waals surface area contributed by atoms with E-state index in [2.05, 4.69) is 0 Å². The Kier molecular flexibility index (Phi) is 2.85. The molecule has 2 nitrogen and oxygen atoms in total. The van der Waals surface area contributed by atoms with Gasteiger partial charge in [-0.05, 0) is 29.9 Å². The van der Waals surface area contributed by atoms with Crippen LogP contribution in [0, 0.1) is 5.92 Å². The van der Waals surface area contributed by atoms with Gasteiger partial charge in [-0.1, -0.05) is 30.7 Å². The maximum atomic E-state index is 9.97. The third-order valence-electron chi connectivity index (χ3n) is 3.15. The van der Waals surface area contributed by atoms with Crippen LogP contribution in [0.2, 0.25) is 0 Å². The third-order valence-corrected chi connectivity index (χ3v) is 3.15. The zero-order valence-corrected chi connectivity index (χ0v) is 8.32. The molecule has 0 bridgehead atoms. The van der Waals surface area contributed by atoms with Gasteiger partial charge in [0.25, 0.3) is 0 Å². The summed E-state index contributed by atoms with van der Waals surface area (Å²) >= 11 is 0. The molecule has 0 aliphatic heterocycles. The Morgan fingerprint density at radius 3 is 2.36 bits per heavy atom. The van der Waals surface area contributed by atoms with Crippen LogP contribution in [0.4, 0.5) is 0 Å². The number of hydrogen-bond acceptors (Lipinski definition) is 2. The van der Waals surface area contributed by atoms with Crippen molar-refractivity contribution in [3.8, 4) is 0 Å². The topological polar surface area (TPSA) is 46.2 Å². The molecule has 14 heavy (non-hydrogen) atoms. The second-order valence-electron chi connectivity index (χ2n) is 4.08. The van der Waals surface area contributed by atoms with E-state index in [4.69, 9.17) is 5.73 Å². The molecule has 0 radical (unpaired) electrons. The van der Waals surface area contributed by atoms with Gasteiger partial charge in [-0.15, -0.1) is 0 Å². The summed E-state index contributed by atoms with van der Waals surface area (Å²) < 4.78 is 0. The van der Waals surface area contributed by atoms with E-state index in [1.165, 1.54) is 19.3 Å². The second-order valence-corrected chi connectivity index (χ2v) is 4.08. The summed E-state index contributed by atoms with van der Waals surface area (Å²) in [5.41, 5.74) is 7.66. The number of nitrogens with two attached hydrogens (primary N) is 1. The highest BCUT2D eigenvalue weighted by Crippen LogP contribution is 2.37. The SMILES string of the molecule is NCc1ccc(C(O)C2CCC2)cc1. The molecule has 1 aliphatic carbocycles. The molecule has 1 aromatic carbocycles. The minimum absolute atomic E-state index is 0.268. The van der Waals surface area contributed by atoms with Gasteiger partial charge in [-0.3, -0.25) is 0 Å². The van der Waals surface area contributed by atoms with Crippen LogP contribution in [0.5, 0.6) is 0 Å². The molecule has 2 rings (SSSR count). The highest BCUT2D eigenvalue weighted by molar-refractivity contribution is 5.24. The van der Waals surface area contributed by atoms with Crippen LogP contribution in [0.3, 0.4) is 0 Å². The van der Waals surface area contributed by atoms with Gasteiger partial charge < -0.3 is 10.8 Å². The van der Waals surface area contributed by atoms with E-state index in [0.717, 1.165) is 11.1 Å². The van der Waals surface area contributed by atoms with Gasteiger partial charge in [0.05, 0.1) is 6.10 Å². The molecule has 1 saturated carbocycles. The molecule has 0 aromatic heterocycles. The highest BCUT2D eigenvalue weighted by Gasteiger charge is 2.26.